The van der Waals surface area contributed by atoms with Crippen molar-refractivity contribution in [1.82, 2.24) is 19.7 Å². The Bertz CT molecular complexity index is 1140. The number of methoxy groups -OCH3 is 2. The van der Waals surface area contributed by atoms with Crippen LogP contribution in [0.1, 0.15) is 74.3 Å². The van der Waals surface area contributed by atoms with Crippen LogP contribution in [0.25, 0.3) is 0 Å². The zero-order valence-electron chi connectivity index (χ0n) is 28.1. The Morgan fingerprint density at radius 1 is 1.00 bits per heavy atom. The number of rotatable bonds is 21. The van der Waals surface area contributed by atoms with Crippen LogP contribution in [0.5, 0.6) is 5.88 Å². The number of carbonyl (C=O) groups excluding carboxylic acids is 2. The van der Waals surface area contributed by atoms with Crippen molar-refractivity contribution in [3.05, 3.63) is 22.7 Å². The minimum Gasteiger partial charge on any atom is -0.481 e. The SMILES string of the molecule is CCOC(=O)C(CC(C)C)NP(=O)(NC(CC(C)C)C(=O)OCC)OCC(OC)C(O)C(C)(O)C(C)n1ccc(OC)nc1=O. The first kappa shape index (κ1) is 40.6. The van der Waals surface area contributed by atoms with E-state index in [-0.39, 0.29) is 43.8 Å². The van der Waals surface area contributed by atoms with Crippen LogP contribution in [0.4, 0.5) is 0 Å². The van der Waals surface area contributed by atoms with E-state index < -0.39 is 67.8 Å². The lowest BCUT2D eigenvalue weighted by Crippen LogP contribution is -2.55. The smallest absolute Gasteiger partial charge is 0.351 e. The Labute approximate surface area is 265 Å². The molecule has 6 atom stereocenters. The van der Waals surface area contributed by atoms with E-state index in [0.29, 0.717) is 0 Å². The second kappa shape index (κ2) is 18.7. The van der Waals surface area contributed by atoms with Gasteiger partial charge in [0.15, 0.2) is 0 Å². The maximum Gasteiger partial charge on any atom is 0.351 e. The van der Waals surface area contributed by atoms with Crippen LogP contribution in [0, 0.1) is 11.8 Å². The average Bonchev–Trinajstić information content (AvgIpc) is 2.96. The molecule has 0 fully saturated rings. The molecule has 4 N–H and O–H groups in total. The fourth-order valence-corrected chi connectivity index (χ4v) is 6.35. The number of hydrogen-bond donors (Lipinski definition) is 4. The highest BCUT2D eigenvalue weighted by Gasteiger charge is 2.44. The van der Waals surface area contributed by atoms with E-state index in [4.69, 9.17) is 23.5 Å². The average molecular weight is 665 g/mol. The standard InChI is InChI=1S/C29H53N4O11P/c1-11-42-26(35)21(15-18(3)4)31-45(39,32-22(16-19(5)6)27(36)43-12-2)44-17-23(40-9)25(34)29(8,38)20(7)33-14-13-24(41-10)30-28(33)37/h13-14,18-23,25,34,38H,11-12,15-17H2,1-10H3,(H2,31,32,39). The van der Waals surface area contributed by atoms with E-state index in [2.05, 4.69) is 15.2 Å². The second-order valence-corrected chi connectivity index (χ2v) is 13.6. The van der Waals surface area contributed by atoms with Gasteiger partial charge in [-0.1, -0.05) is 27.7 Å². The molecule has 260 valence electrons. The summed E-state index contributed by atoms with van der Waals surface area (Å²) in [6.45, 7) is 13.2. The number of nitrogens with zero attached hydrogens (tertiary/aromatic N) is 2. The molecule has 45 heavy (non-hydrogen) atoms. The lowest BCUT2D eigenvalue weighted by molar-refractivity contribution is -0.153. The quantitative estimate of drug-likeness (QED) is 0.110. The van der Waals surface area contributed by atoms with E-state index in [1.165, 1.54) is 40.3 Å². The van der Waals surface area contributed by atoms with E-state index in [1.807, 2.05) is 27.7 Å². The van der Waals surface area contributed by atoms with Gasteiger partial charge >= 0.3 is 25.3 Å². The molecule has 1 rings (SSSR count). The van der Waals surface area contributed by atoms with Crippen LogP contribution in [0.15, 0.2) is 17.1 Å². The Kier molecular flexibility index (Phi) is 16.9. The zero-order valence-corrected chi connectivity index (χ0v) is 29.0. The summed E-state index contributed by atoms with van der Waals surface area (Å²) in [7, 11) is -1.70. The van der Waals surface area contributed by atoms with Gasteiger partial charge in [0.25, 0.3) is 0 Å². The van der Waals surface area contributed by atoms with Crippen molar-refractivity contribution in [2.24, 2.45) is 11.8 Å². The molecule has 1 aromatic rings. The Hall–Kier alpha value is -2.39. The summed E-state index contributed by atoms with van der Waals surface area (Å²) in [5, 5.41) is 28.2. The van der Waals surface area contributed by atoms with Gasteiger partial charge in [0, 0.05) is 19.4 Å². The number of carbonyl (C=O) groups is 2. The normalized spacial score (nSPS) is 17.9. The molecular formula is C29H53N4O11P. The van der Waals surface area contributed by atoms with Crippen molar-refractivity contribution in [3.63, 3.8) is 0 Å². The molecule has 0 saturated carbocycles. The molecule has 0 aliphatic rings. The fourth-order valence-electron chi connectivity index (χ4n) is 4.53. The number of nitrogens with one attached hydrogen (secondary N) is 2. The molecule has 15 nitrogen and oxygen atoms in total. The maximum atomic E-state index is 14.4. The summed E-state index contributed by atoms with van der Waals surface area (Å²) in [5.74, 6) is -1.27. The molecule has 16 heteroatoms. The van der Waals surface area contributed by atoms with Crippen molar-refractivity contribution >= 4 is 19.6 Å². The lowest BCUT2D eigenvalue weighted by Gasteiger charge is -2.39. The highest BCUT2D eigenvalue weighted by Crippen LogP contribution is 2.41. The van der Waals surface area contributed by atoms with Gasteiger partial charge in [-0.15, -0.1) is 0 Å². The maximum absolute atomic E-state index is 14.4. The Morgan fingerprint density at radius 3 is 1.87 bits per heavy atom. The van der Waals surface area contributed by atoms with Gasteiger partial charge < -0.3 is 33.7 Å². The summed E-state index contributed by atoms with van der Waals surface area (Å²) in [6.07, 6.45) is -1.15. The fraction of sp³-hybridized carbons (Fsp3) is 0.793. The first-order valence-corrected chi connectivity index (χ1v) is 16.8. The number of aromatic nitrogens is 2. The Balaban J connectivity index is 3.42. The molecule has 0 spiro atoms. The topological polar surface area (TPSA) is 197 Å². The molecule has 0 amide bonds. The van der Waals surface area contributed by atoms with Crippen LogP contribution in [-0.4, -0.2) is 95.6 Å². The van der Waals surface area contributed by atoms with Gasteiger partial charge in [0.1, 0.15) is 29.9 Å². The van der Waals surface area contributed by atoms with Gasteiger partial charge in [-0.2, -0.15) is 4.98 Å². The predicted octanol–water partition coefficient (Wildman–Crippen LogP) is 2.20. The van der Waals surface area contributed by atoms with Gasteiger partial charge in [-0.05, 0) is 52.4 Å². The number of hydrogen-bond acceptors (Lipinski definition) is 12. The van der Waals surface area contributed by atoms with Gasteiger partial charge in [0.2, 0.25) is 5.88 Å². The van der Waals surface area contributed by atoms with Crippen LogP contribution in [0.3, 0.4) is 0 Å². The number of aliphatic hydroxyl groups excluding tert-OH is 1. The van der Waals surface area contributed by atoms with Crippen molar-refractivity contribution < 1.29 is 47.8 Å². The van der Waals surface area contributed by atoms with Gasteiger partial charge in [-0.3, -0.25) is 18.7 Å². The summed E-state index contributed by atoms with van der Waals surface area (Å²) >= 11 is 0. The first-order chi connectivity index (χ1) is 21.0. The minimum atomic E-state index is -4.31. The van der Waals surface area contributed by atoms with Crippen LogP contribution in [0.2, 0.25) is 0 Å². The summed E-state index contributed by atoms with van der Waals surface area (Å²) < 4.78 is 42.2. The van der Waals surface area contributed by atoms with E-state index in [0.717, 1.165) is 4.57 Å². The molecule has 0 aliphatic heterocycles. The third kappa shape index (κ3) is 12.4. The molecule has 1 aromatic heterocycles. The van der Waals surface area contributed by atoms with E-state index >= 15 is 0 Å². The van der Waals surface area contributed by atoms with Gasteiger partial charge in [0.05, 0.1) is 33.0 Å². The first-order valence-electron chi connectivity index (χ1n) is 15.2. The molecule has 6 unspecified atom stereocenters. The van der Waals surface area contributed by atoms with Crippen molar-refractivity contribution in [1.29, 1.82) is 0 Å². The summed E-state index contributed by atoms with van der Waals surface area (Å²) in [6, 6.07) is -1.74. The Morgan fingerprint density at radius 2 is 1.49 bits per heavy atom. The summed E-state index contributed by atoms with van der Waals surface area (Å²) in [4.78, 5) is 42.0. The van der Waals surface area contributed by atoms with Crippen molar-refractivity contribution in [2.45, 2.75) is 104 Å². The van der Waals surface area contributed by atoms with E-state index in [1.54, 1.807) is 13.8 Å². The number of esters is 2. The number of ether oxygens (including phenoxy) is 4. The highest BCUT2D eigenvalue weighted by atomic mass is 31.2. The summed E-state index contributed by atoms with van der Waals surface area (Å²) in [5.41, 5.74) is -2.71. The lowest BCUT2D eigenvalue weighted by atomic mass is 9.88. The van der Waals surface area contributed by atoms with Crippen LogP contribution in [-0.2, 0) is 32.9 Å². The third-order valence-electron chi connectivity index (χ3n) is 7.16. The van der Waals surface area contributed by atoms with Crippen molar-refractivity contribution in [2.75, 3.05) is 34.0 Å². The monoisotopic (exact) mass is 664 g/mol. The molecule has 0 saturated heterocycles. The zero-order chi connectivity index (χ0) is 34.5. The number of aliphatic hydroxyl groups is 2. The molecule has 0 radical (unpaired) electrons. The van der Waals surface area contributed by atoms with Crippen LogP contribution >= 0.6 is 7.67 Å². The second-order valence-electron chi connectivity index (χ2n) is 11.8. The predicted molar refractivity (Wildman–Crippen MR) is 167 cm³/mol. The highest BCUT2D eigenvalue weighted by molar-refractivity contribution is 7.54. The van der Waals surface area contributed by atoms with Crippen molar-refractivity contribution in [3.8, 4) is 5.88 Å². The van der Waals surface area contributed by atoms with Gasteiger partial charge in [-0.25, -0.2) is 15.0 Å². The molecule has 0 bridgehead atoms. The van der Waals surface area contributed by atoms with Crippen LogP contribution < -0.4 is 20.6 Å². The minimum absolute atomic E-state index is 0.0159. The largest absolute Gasteiger partial charge is 0.481 e. The molecular weight excluding hydrogens is 611 g/mol. The molecule has 0 aliphatic carbocycles. The van der Waals surface area contributed by atoms with E-state index in [9.17, 15) is 29.2 Å². The molecule has 0 aromatic carbocycles. The third-order valence-corrected chi connectivity index (χ3v) is 8.97. The molecule has 1 heterocycles.